The first kappa shape index (κ1) is 54.9. The summed E-state index contributed by atoms with van der Waals surface area (Å²) in [6, 6.07) is 42.7. The Balaban J connectivity index is 1.01. The minimum absolute atomic E-state index is 0.106. The molecule has 0 amide bonds. The van der Waals surface area contributed by atoms with Gasteiger partial charge < -0.3 is 46.4 Å². The lowest BCUT2D eigenvalue weighted by molar-refractivity contribution is 0.0784. The summed E-state index contributed by atoms with van der Waals surface area (Å²) in [7, 11) is 0. The maximum absolute atomic E-state index is 14.5. The summed E-state index contributed by atoms with van der Waals surface area (Å²) < 4.78 is 17.8. The summed E-state index contributed by atoms with van der Waals surface area (Å²) in [6.45, 7) is 1.39. The minimum Gasteiger partial charge on any atom is -0.398 e. The minimum atomic E-state index is -0.738. The van der Waals surface area contributed by atoms with Crippen LogP contribution < -0.4 is 33.2 Å². The molecule has 6 aromatic carbocycles. The lowest BCUT2D eigenvalue weighted by Crippen LogP contribution is -2.40. The zero-order valence-corrected chi connectivity index (χ0v) is 43.5. The van der Waals surface area contributed by atoms with Crippen LogP contribution in [0.4, 0.5) is 17.1 Å². The number of carbonyl (C=O) groups is 3. The third kappa shape index (κ3) is 15.0. The summed E-state index contributed by atoms with van der Waals surface area (Å²) in [5.74, 6) is -1.39. The molecule has 79 heavy (non-hydrogen) atoms. The summed E-state index contributed by atoms with van der Waals surface area (Å²) in [5, 5.41) is 9.84. The molecule has 0 aliphatic heterocycles. The summed E-state index contributed by atoms with van der Waals surface area (Å²) in [4.78, 5) is 65.2. The van der Waals surface area contributed by atoms with Crippen molar-refractivity contribution in [2.75, 3.05) is 37.4 Å². The van der Waals surface area contributed by atoms with Gasteiger partial charge in [-0.25, -0.2) is 15.0 Å². The van der Waals surface area contributed by atoms with Crippen molar-refractivity contribution in [3.8, 4) is 0 Å². The van der Waals surface area contributed by atoms with Crippen molar-refractivity contribution in [1.29, 1.82) is 0 Å². The molecule has 3 heterocycles. The number of anilines is 3. The number of Topliss-reactive ketones (excluding diaryl/α,β-unsaturated/α-hetero) is 3. The zero-order valence-electron chi connectivity index (χ0n) is 43.5. The topological polar surface area (TPSA) is 279 Å². The Bertz CT molecular complexity index is 2990. The number of hydrogen-bond donors (Lipinski definition) is 9. The molecule has 3 aromatic heterocycles. The van der Waals surface area contributed by atoms with E-state index in [1.54, 1.807) is 92.2 Å². The van der Waals surface area contributed by atoms with Crippen LogP contribution in [-0.4, -0.2) is 85.6 Å². The van der Waals surface area contributed by atoms with Crippen LogP contribution in [0.3, 0.4) is 0 Å². The van der Waals surface area contributed by atoms with Gasteiger partial charge in [-0.15, -0.1) is 0 Å². The van der Waals surface area contributed by atoms with E-state index in [0.717, 1.165) is 33.8 Å². The van der Waals surface area contributed by atoms with Gasteiger partial charge in [0, 0.05) is 94.6 Å². The Morgan fingerprint density at radius 2 is 0.709 bits per heavy atom. The van der Waals surface area contributed by atoms with E-state index in [1.807, 2.05) is 91.0 Å². The van der Waals surface area contributed by atoms with Crippen LogP contribution in [0.2, 0.25) is 0 Å². The number of ether oxygens (including phenoxy) is 3. The second kappa shape index (κ2) is 27.4. The number of hydrogen-bond acceptors (Lipinski definition) is 15. The molecule has 18 heteroatoms. The first-order valence-corrected chi connectivity index (χ1v) is 25.9. The van der Waals surface area contributed by atoms with E-state index in [1.165, 1.54) is 0 Å². The summed E-state index contributed by atoms with van der Waals surface area (Å²) in [5.41, 5.74) is 30.1. The van der Waals surface area contributed by atoms with Crippen molar-refractivity contribution >= 4 is 34.4 Å². The van der Waals surface area contributed by atoms with Crippen molar-refractivity contribution in [3.05, 3.63) is 250 Å². The Kier molecular flexibility index (Phi) is 19.1. The van der Waals surface area contributed by atoms with Gasteiger partial charge in [0.1, 0.15) is 0 Å². The number of ketones is 3. The number of imidazole rings is 3. The highest BCUT2D eigenvalue weighted by Gasteiger charge is 2.30. The quantitative estimate of drug-likeness (QED) is 0.00695. The Morgan fingerprint density at radius 1 is 0.418 bits per heavy atom. The molecule has 0 aliphatic carbocycles. The number of aromatic nitrogens is 6. The van der Waals surface area contributed by atoms with Crippen LogP contribution >= 0.6 is 0 Å². The third-order valence-electron chi connectivity index (χ3n) is 13.6. The molecule has 404 valence electrons. The Hall–Kier alpha value is -8.88. The zero-order chi connectivity index (χ0) is 54.8. The number of nitrogens with one attached hydrogen (secondary N) is 6. The fraction of sp³-hybridized carbons (Fsp3) is 0.213. The molecule has 0 saturated heterocycles. The summed E-state index contributed by atoms with van der Waals surface area (Å²) >= 11 is 0. The van der Waals surface area contributed by atoms with E-state index in [4.69, 9.17) is 31.4 Å². The van der Waals surface area contributed by atoms with Gasteiger partial charge in [-0.05, 0) is 51.6 Å². The first-order valence-electron chi connectivity index (χ1n) is 25.9. The molecule has 3 atom stereocenters. The number of carbonyl (C=O) groups excluding carboxylic acids is 3. The molecule has 18 nitrogen and oxygen atoms in total. The van der Waals surface area contributed by atoms with Gasteiger partial charge in [0.25, 0.3) is 0 Å². The van der Waals surface area contributed by atoms with Crippen molar-refractivity contribution in [2.45, 2.75) is 63.1 Å². The summed E-state index contributed by atoms with van der Waals surface area (Å²) in [6.07, 6.45) is 10.6. The molecule has 0 spiro atoms. The maximum Gasteiger partial charge on any atom is 0.180 e. The van der Waals surface area contributed by atoms with Crippen LogP contribution in [0.25, 0.3) is 0 Å². The lowest BCUT2D eigenvalue weighted by atomic mass is 9.80. The molecule has 9 rings (SSSR count). The predicted molar refractivity (Wildman–Crippen MR) is 302 cm³/mol. The number of H-pyrrole nitrogens is 3. The van der Waals surface area contributed by atoms with Gasteiger partial charge in [-0.2, -0.15) is 0 Å². The molecule has 0 fully saturated rings. The number of aromatic amines is 3. The average molecular weight is 1060 g/mol. The van der Waals surface area contributed by atoms with E-state index in [2.05, 4.69) is 45.9 Å². The van der Waals surface area contributed by atoms with Crippen molar-refractivity contribution < 1.29 is 28.6 Å². The van der Waals surface area contributed by atoms with E-state index in [0.29, 0.717) is 72.5 Å². The third-order valence-corrected chi connectivity index (χ3v) is 13.6. The van der Waals surface area contributed by atoms with E-state index < -0.39 is 24.0 Å². The fourth-order valence-corrected chi connectivity index (χ4v) is 9.41. The largest absolute Gasteiger partial charge is 0.398 e. The molecule has 0 radical (unpaired) electrons. The average Bonchev–Trinajstić information content (AvgIpc) is 4.38. The van der Waals surface area contributed by atoms with Crippen molar-refractivity contribution in [3.63, 3.8) is 0 Å². The van der Waals surface area contributed by atoms with Crippen molar-refractivity contribution in [2.24, 2.45) is 0 Å². The van der Waals surface area contributed by atoms with Crippen LogP contribution in [0.15, 0.2) is 183 Å². The number of nitrogens with two attached hydrogens (primary N) is 3. The molecule has 12 N–H and O–H groups in total. The second-order valence-electron chi connectivity index (χ2n) is 19.1. The fourth-order valence-electron chi connectivity index (χ4n) is 9.41. The Labute approximate surface area is 458 Å². The van der Waals surface area contributed by atoms with Gasteiger partial charge in [0.2, 0.25) is 0 Å². The molecule has 0 bridgehead atoms. The smallest absolute Gasteiger partial charge is 0.180 e. The molecule has 0 aliphatic rings. The molecular weight excluding hydrogens is 997 g/mol. The second-order valence-corrected chi connectivity index (χ2v) is 19.1. The highest BCUT2D eigenvalue weighted by Crippen LogP contribution is 2.41. The maximum atomic E-state index is 14.5. The van der Waals surface area contributed by atoms with Crippen LogP contribution in [0.5, 0.6) is 0 Å². The molecular formula is C61H64N12O6. The van der Waals surface area contributed by atoms with Crippen LogP contribution in [0.1, 0.15) is 87.5 Å². The highest BCUT2D eigenvalue weighted by atomic mass is 16.5. The standard InChI is InChI=1S/C61H64N12O6/c62-52-22-43(59(74)55(25-46-28-65-34-68-46)71-37-77-31-40-10-4-1-5-11-40)16-19-49(52)58(50-20-17-44(23-53(50)63)60(75)56(26-47-29-66-35-69-47)72-38-78-32-41-12-6-2-7-13-41)51-21-18-45(24-54(51)64)61(76)57(27-48-30-67-36-70-48)73-39-79-33-42-14-8-3-9-15-42/h1-24,28-30,34-36,55-58,71-73H,25-27,31-33,37-39,62-64H2,(H,65,68)(H,66,69)(H,67,70)/t55-,56-,57-/m0/s1. The van der Waals surface area contributed by atoms with Crippen LogP contribution in [0, 0.1) is 0 Å². The van der Waals surface area contributed by atoms with E-state index in [9.17, 15) is 14.4 Å². The van der Waals surface area contributed by atoms with Gasteiger partial charge in [-0.3, -0.25) is 30.3 Å². The first-order chi connectivity index (χ1) is 38.7. The molecule has 0 saturated carbocycles. The predicted octanol–water partition coefficient (Wildman–Crippen LogP) is 7.46. The van der Waals surface area contributed by atoms with Gasteiger partial charge in [0.05, 0.1) is 77.1 Å². The molecule has 9 aromatic rings. The molecule has 0 unspecified atom stereocenters. The highest BCUT2D eigenvalue weighted by molar-refractivity contribution is 6.03. The van der Waals surface area contributed by atoms with Crippen LogP contribution in [-0.2, 0) is 53.3 Å². The number of nitrogens with zero attached hydrogens (tertiary/aromatic N) is 3. The Morgan fingerprint density at radius 3 is 0.962 bits per heavy atom. The van der Waals surface area contributed by atoms with Gasteiger partial charge in [-0.1, -0.05) is 127 Å². The van der Waals surface area contributed by atoms with Gasteiger partial charge in [0.15, 0.2) is 17.3 Å². The van der Waals surface area contributed by atoms with Gasteiger partial charge >= 0.3 is 0 Å². The monoisotopic (exact) mass is 1060 g/mol. The lowest BCUT2D eigenvalue weighted by Gasteiger charge is -2.25. The number of rotatable bonds is 30. The normalized spacial score (nSPS) is 12.6. The van der Waals surface area contributed by atoms with E-state index in [-0.39, 0.29) is 54.6 Å². The number of benzene rings is 6. The van der Waals surface area contributed by atoms with E-state index >= 15 is 0 Å². The number of nitrogen functional groups attached to an aromatic ring is 3. The van der Waals surface area contributed by atoms with Crippen molar-refractivity contribution in [1.82, 2.24) is 45.9 Å². The SMILES string of the molecule is Nc1cc(C(=O)[C@H](Cc2cnc[nH]2)NCOCc2ccccc2)ccc1C(c1ccc(C(=O)[C@H](Cc2cnc[nH]2)NCOCc2ccccc2)cc1N)c1ccc(C(=O)[C@H](Cc2cnc[nH]2)NCOCc2ccccc2)cc1N.